The number of hydrogen-bond donors (Lipinski definition) is 0. The number of halogens is 3. The van der Waals surface area contributed by atoms with Gasteiger partial charge in [0.2, 0.25) is 0 Å². The molecule has 148 valence electrons. The first kappa shape index (κ1) is 21.2. The van der Waals surface area contributed by atoms with E-state index in [9.17, 15) is 9.18 Å². The second-order valence-electron chi connectivity index (χ2n) is 7.12. The highest BCUT2D eigenvalue weighted by atomic mass is 127. The largest absolute Gasteiger partial charge is 0.443 e. The number of aromatic nitrogens is 1. The van der Waals surface area contributed by atoms with Crippen LogP contribution >= 0.6 is 45.5 Å². The van der Waals surface area contributed by atoms with Crippen molar-refractivity contribution >= 4 is 57.5 Å². The Morgan fingerprint density at radius 3 is 2.68 bits per heavy atom. The van der Waals surface area contributed by atoms with Crippen molar-refractivity contribution < 1.29 is 13.9 Å². The summed E-state index contributed by atoms with van der Waals surface area (Å²) >= 11 is 9.86. The van der Waals surface area contributed by atoms with Crippen molar-refractivity contribution in [1.82, 2.24) is 9.88 Å². The van der Waals surface area contributed by atoms with Crippen LogP contribution in [0.1, 0.15) is 44.3 Å². The molecular weight excluding hydrogens is 516 g/mol. The molecule has 0 aliphatic carbocycles. The topological polar surface area (TPSA) is 54.8 Å². The van der Waals surface area contributed by atoms with Gasteiger partial charge in [0.1, 0.15) is 17.5 Å². The van der Waals surface area contributed by atoms with Crippen LogP contribution in [0.2, 0.25) is 5.02 Å². The number of amides is 1. The predicted octanol–water partition coefficient (Wildman–Crippen LogP) is 6.34. The summed E-state index contributed by atoms with van der Waals surface area (Å²) in [6.07, 6.45) is 1.07. The fraction of sp³-hybridized carbons (Fsp3) is 0.316. The summed E-state index contributed by atoms with van der Waals surface area (Å²) in [6, 6.07) is 3.54. The molecule has 0 fully saturated rings. The van der Waals surface area contributed by atoms with Gasteiger partial charge >= 0.3 is 6.09 Å². The van der Waals surface area contributed by atoms with Gasteiger partial charge in [-0.25, -0.2) is 24.1 Å². The minimum absolute atomic E-state index is 0.223. The minimum Gasteiger partial charge on any atom is -0.443 e. The fourth-order valence-corrected chi connectivity index (χ4v) is 4.31. The van der Waals surface area contributed by atoms with Crippen LogP contribution in [0.3, 0.4) is 0 Å². The van der Waals surface area contributed by atoms with Crippen LogP contribution in [0.4, 0.5) is 9.18 Å². The second-order valence-corrected chi connectivity index (χ2v) is 9.59. The van der Waals surface area contributed by atoms with Crippen molar-refractivity contribution in [3.05, 3.63) is 60.5 Å². The quantitative estimate of drug-likeness (QED) is 0.423. The molecule has 0 bridgehead atoms. The summed E-state index contributed by atoms with van der Waals surface area (Å²) in [6.45, 7) is 7.23. The molecule has 3 rings (SSSR count). The Kier molecular flexibility index (Phi) is 6.11. The number of thiazole rings is 1. The van der Waals surface area contributed by atoms with Crippen molar-refractivity contribution in [2.75, 3.05) is 0 Å². The molecule has 1 atom stereocenters. The maximum Gasteiger partial charge on any atom is 0.416 e. The third-order valence-corrected chi connectivity index (χ3v) is 6.28. The number of nitrogens with zero attached hydrogens (tertiary/aromatic N) is 3. The first-order valence-electron chi connectivity index (χ1n) is 8.40. The zero-order valence-electron chi connectivity index (χ0n) is 15.7. The van der Waals surface area contributed by atoms with Gasteiger partial charge in [-0.1, -0.05) is 17.7 Å². The van der Waals surface area contributed by atoms with E-state index in [2.05, 4.69) is 32.6 Å². The van der Waals surface area contributed by atoms with Gasteiger partial charge in [0.05, 0.1) is 5.70 Å². The maximum atomic E-state index is 13.6. The highest BCUT2D eigenvalue weighted by Crippen LogP contribution is 2.43. The molecule has 1 aliphatic heterocycles. The van der Waals surface area contributed by atoms with Gasteiger partial charge in [-0.2, -0.15) is 0 Å². The molecule has 5 nitrogen and oxygen atoms in total. The van der Waals surface area contributed by atoms with Gasteiger partial charge in [0, 0.05) is 20.2 Å². The summed E-state index contributed by atoms with van der Waals surface area (Å²) in [5.41, 5.74) is 0.613. The van der Waals surface area contributed by atoms with Crippen molar-refractivity contribution in [3.8, 4) is 0 Å². The van der Waals surface area contributed by atoms with Gasteiger partial charge in [0.15, 0.2) is 10.8 Å². The van der Waals surface area contributed by atoms with E-state index < -0.39 is 23.6 Å². The summed E-state index contributed by atoms with van der Waals surface area (Å²) in [4.78, 5) is 23.6. The van der Waals surface area contributed by atoms with Crippen LogP contribution in [0.5, 0.6) is 0 Å². The highest BCUT2D eigenvalue weighted by Gasteiger charge is 2.40. The number of allylic oxidation sites excluding steroid dienone is 1. The Morgan fingerprint density at radius 2 is 2.11 bits per heavy atom. The lowest BCUT2D eigenvalue weighted by Crippen LogP contribution is -2.45. The predicted molar refractivity (Wildman–Crippen MR) is 118 cm³/mol. The van der Waals surface area contributed by atoms with Gasteiger partial charge in [-0.15, -0.1) is 11.3 Å². The smallest absolute Gasteiger partial charge is 0.416 e. The summed E-state index contributed by atoms with van der Waals surface area (Å²) in [7, 11) is 0. The Hall–Kier alpha value is -1.52. The molecule has 28 heavy (non-hydrogen) atoms. The molecule has 0 radical (unpaired) electrons. The lowest BCUT2D eigenvalue weighted by molar-refractivity contribution is 0.0332. The van der Waals surface area contributed by atoms with Gasteiger partial charge < -0.3 is 4.74 Å². The third kappa shape index (κ3) is 4.38. The third-order valence-electron chi connectivity index (χ3n) is 3.82. The Balaban J connectivity index is 2.19. The molecule has 0 N–H and O–H groups in total. The second kappa shape index (κ2) is 8.08. The van der Waals surface area contributed by atoms with Crippen LogP contribution < -0.4 is 0 Å². The lowest BCUT2D eigenvalue weighted by atomic mass is 10.0. The van der Waals surface area contributed by atoms with Crippen LogP contribution in [-0.4, -0.2) is 27.4 Å². The molecule has 1 aromatic carbocycles. The minimum atomic E-state index is -0.705. The number of amidine groups is 1. The van der Waals surface area contributed by atoms with E-state index >= 15 is 0 Å². The zero-order valence-corrected chi connectivity index (χ0v) is 19.4. The number of carbonyl (C=O) groups excluding carboxylic acids is 1. The first-order valence-corrected chi connectivity index (χ1v) is 10.7. The number of benzene rings is 1. The van der Waals surface area contributed by atoms with E-state index in [4.69, 9.17) is 16.3 Å². The van der Waals surface area contributed by atoms with Gasteiger partial charge in [-0.05, 0) is 68.0 Å². The average Bonchev–Trinajstić information content (AvgIpc) is 3.10. The van der Waals surface area contributed by atoms with Crippen LogP contribution in [0.25, 0.3) is 0 Å². The number of ether oxygens (including phenoxy) is 1. The molecule has 1 aromatic heterocycles. The van der Waals surface area contributed by atoms with Crippen LogP contribution in [0.15, 0.2) is 44.0 Å². The molecular formula is C19H18ClFIN3O2S. The monoisotopic (exact) mass is 533 g/mol. The molecule has 0 spiro atoms. The highest BCUT2D eigenvalue weighted by molar-refractivity contribution is 14.1. The maximum absolute atomic E-state index is 13.6. The van der Waals surface area contributed by atoms with E-state index in [0.29, 0.717) is 16.4 Å². The number of hydrogen-bond acceptors (Lipinski definition) is 5. The average molecular weight is 534 g/mol. The van der Waals surface area contributed by atoms with E-state index in [-0.39, 0.29) is 5.02 Å². The number of rotatable bonds is 2. The standard InChI is InChI=1S/C19H18ClFIN3O2S/c1-10-14(22)15(12-6-5-11(21)9-13(12)20)25(18(26)27-19(2,3)4)16(24-10)17-23-7-8-28-17/h5-9,15H,1-4H3/t15-/m0/s1. The molecule has 1 aliphatic rings. The lowest BCUT2D eigenvalue weighted by Gasteiger charge is -2.36. The summed E-state index contributed by atoms with van der Waals surface area (Å²) in [5, 5.41) is 2.61. The van der Waals surface area contributed by atoms with Crippen LogP contribution in [0, 0.1) is 5.82 Å². The number of carbonyl (C=O) groups is 1. The zero-order chi connectivity index (χ0) is 20.6. The Morgan fingerprint density at radius 1 is 1.39 bits per heavy atom. The van der Waals surface area contributed by atoms with Crippen molar-refractivity contribution in [1.29, 1.82) is 0 Å². The van der Waals surface area contributed by atoms with E-state index in [0.717, 1.165) is 9.28 Å². The van der Waals surface area contributed by atoms with Crippen molar-refractivity contribution in [3.63, 3.8) is 0 Å². The summed E-state index contributed by atoms with van der Waals surface area (Å²) < 4.78 is 20.1. The normalized spacial score (nSPS) is 17.6. The SMILES string of the molecule is CC1=C(I)[C@H](c2ccc(F)cc2Cl)N(C(=O)OC(C)(C)C)C(c2nccs2)=N1. The molecule has 2 heterocycles. The first-order chi connectivity index (χ1) is 13.1. The number of aliphatic imine (C=N–C) groups is 1. The van der Waals surface area contributed by atoms with E-state index in [1.54, 1.807) is 33.0 Å². The van der Waals surface area contributed by atoms with Gasteiger partial charge in [-0.3, -0.25) is 0 Å². The van der Waals surface area contributed by atoms with Gasteiger partial charge in [0.25, 0.3) is 0 Å². The molecule has 0 saturated heterocycles. The molecule has 0 saturated carbocycles. The van der Waals surface area contributed by atoms with Crippen LogP contribution in [-0.2, 0) is 4.74 Å². The molecule has 9 heteroatoms. The van der Waals surface area contributed by atoms with E-state index in [1.165, 1.54) is 28.4 Å². The van der Waals surface area contributed by atoms with Crippen molar-refractivity contribution in [2.45, 2.75) is 39.3 Å². The Labute approximate surface area is 185 Å². The van der Waals surface area contributed by atoms with E-state index in [1.807, 2.05) is 12.3 Å². The summed E-state index contributed by atoms with van der Waals surface area (Å²) in [5.74, 6) is -0.0644. The molecule has 1 amide bonds. The fourth-order valence-electron chi connectivity index (χ4n) is 2.69. The Bertz CT molecular complexity index is 970. The molecule has 0 unspecified atom stereocenters. The van der Waals surface area contributed by atoms with Crippen molar-refractivity contribution in [2.24, 2.45) is 4.99 Å². The molecule has 2 aromatic rings.